The highest BCUT2D eigenvalue weighted by Crippen LogP contribution is 2.48. The second-order valence-corrected chi connectivity index (χ2v) is 8.71. The average molecular weight is 393 g/mol. The molecule has 5 heteroatoms. The summed E-state index contributed by atoms with van der Waals surface area (Å²) in [6.45, 7) is 2.04. The SMILES string of the molecule is CCCCCC(O)CCC1C(O)CC2Cc3c(cccc3OCC(O)O)CC21. The molecule has 28 heavy (non-hydrogen) atoms. The number of hydrogen-bond donors (Lipinski definition) is 4. The van der Waals surface area contributed by atoms with Gasteiger partial charge in [0.1, 0.15) is 12.4 Å². The molecule has 1 aromatic rings. The van der Waals surface area contributed by atoms with Crippen LogP contribution in [0.4, 0.5) is 0 Å². The van der Waals surface area contributed by atoms with Gasteiger partial charge in [-0.05, 0) is 73.5 Å². The molecule has 5 atom stereocenters. The predicted molar refractivity (Wildman–Crippen MR) is 108 cm³/mol. The molecule has 0 amide bonds. The summed E-state index contributed by atoms with van der Waals surface area (Å²) in [7, 11) is 0. The minimum absolute atomic E-state index is 0.133. The number of unbranched alkanes of at least 4 members (excludes halogenated alkanes) is 2. The quantitative estimate of drug-likeness (QED) is 0.363. The van der Waals surface area contributed by atoms with Crippen molar-refractivity contribution in [1.29, 1.82) is 0 Å². The number of aliphatic hydroxyl groups is 4. The van der Waals surface area contributed by atoms with Crippen molar-refractivity contribution in [2.45, 2.75) is 83.2 Å². The third kappa shape index (κ3) is 5.26. The monoisotopic (exact) mass is 392 g/mol. The number of aliphatic hydroxyl groups excluding tert-OH is 3. The highest BCUT2D eigenvalue weighted by molar-refractivity contribution is 5.43. The van der Waals surface area contributed by atoms with Gasteiger partial charge in [0, 0.05) is 0 Å². The van der Waals surface area contributed by atoms with E-state index in [4.69, 9.17) is 14.9 Å². The fraction of sp³-hybridized carbons (Fsp3) is 0.739. The molecule has 2 aliphatic carbocycles. The van der Waals surface area contributed by atoms with E-state index >= 15 is 0 Å². The van der Waals surface area contributed by atoms with Gasteiger partial charge in [-0.2, -0.15) is 0 Å². The zero-order valence-electron chi connectivity index (χ0n) is 17.0. The fourth-order valence-electron chi connectivity index (χ4n) is 5.26. The Morgan fingerprint density at radius 3 is 2.68 bits per heavy atom. The molecule has 5 unspecified atom stereocenters. The normalized spacial score (nSPS) is 27.5. The molecule has 1 fully saturated rings. The molecule has 5 nitrogen and oxygen atoms in total. The van der Waals surface area contributed by atoms with Gasteiger partial charge in [-0.25, -0.2) is 0 Å². The van der Waals surface area contributed by atoms with Gasteiger partial charge in [0.25, 0.3) is 0 Å². The number of hydrogen-bond acceptors (Lipinski definition) is 5. The first-order valence-electron chi connectivity index (χ1n) is 10.9. The van der Waals surface area contributed by atoms with Crippen LogP contribution >= 0.6 is 0 Å². The minimum Gasteiger partial charge on any atom is -0.488 e. The van der Waals surface area contributed by atoms with Crippen molar-refractivity contribution in [2.75, 3.05) is 6.61 Å². The topological polar surface area (TPSA) is 90.2 Å². The van der Waals surface area contributed by atoms with Crippen molar-refractivity contribution in [1.82, 2.24) is 0 Å². The molecule has 3 rings (SSSR count). The van der Waals surface area contributed by atoms with E-state index in [2.05, 4.69) is 13.0 Å². The molecule has 158 valence electrons. The molecule has 2 aliphatic rings. The van der Waals surface area contributed by atoms with Gasteiger partial charge in [-0.15, -0.1) is 0 Å². The Morgan fingerprint density at radius 2 is 1.93 bits per heavy atom. The van der Waals surface area contributed by atoms with Gasteiger partial charge in [-0.3, -0.25) is 0 Å². The van der Waals surface area contributed by atoms with Crippen LogP contribution in [0, 0.1) is 17.8 Å². The molecule has 4 N–H and O–H groups in total. The Balaban J connectivity index is 1.62. The zero-order chi connectivity index (χ0) is 20.1. The Bertz CT molecular complexity index is 617. The predicted octanol–water partition coefficient (Wildman–Crippen LogP) is 2.81. The molecule has 0 bridgehead atoms. The van der Waals surface area contributed by atoms with Crippen LogP contribution < -0.4 is 4.74 Å². The van der Waals surface area contributed by atoms with E-state index in [9.17, 15) is 10.2 Å². The summed E-state index contributed by atoms with van der Waals surface area (Å²) < 4.78 is 5.60. The highest BCUT2D eigenvalue weighted by atomic mass is 16.5. The Kier molecular flexibility index (Phi) is 7.75. The first kappa shape index (κ1) is 21.6. The third-order valence-corrected chi connectivity index (χ3v) is 6.71. The lowest BCUT2D eigenvalue weighted by molar-refractivity contribution is -0.0682. The molecule has 0 saturated heterocycles. The van der Waals surface area contributed by atoms with Crippen molar-refractivity contribution in [3.8, 4) is 5.75 Å². The van der Waals surface area contributed by atoms with Crippen LogP contribution in [-0.2, 0) is 12.8 Å². The second-order valence-electron chi connectivity index (χ2n) is 8.71. The lowest BCUT2D eigenvalue weighted by Gasteiger charge is -2.32. The number of ether oxygens (including phenoxy) is 1. The summed E-state index contributed by atoms with van der Waals surface area (Å²) in [6.07, 6.45) is 6.51. The molecular weight excluding hydrogens is 356 g/mol. The molecule has 0 spiro atoms. The molecule has 0 aliphatic heterocycles. The van der Waals surface area contributed by atoms with Gasteiger partial charge < -0.3 is 25.2 Å². The van der Waals surface area contributed by atoms with E-state index in [1.54, 1.807) is 0 Å². The van der Waals surface area contributed by atoms with Crippen molar-refractivity contribution < 1.29 is 25.2 Å². The number of fused-ring (bicyclic) bond motifs is 2. The summed E-state index contributed by atoms with van der Waals surface area (Å²) in [6, 6.07) is 5.96. The van der Waals surface area contributed by atoms with E-state index in [1.807, 2.05) is 12.1 Å². The zero-order valence-corrected chi connectivity index (χ0v) is 17.0. The maximum absolute atomic E-state index is 10.7. The summed E-state index contributed by atoms with van der Waals surface area (Å²) in [5.74, 6) is 1.86. The van der Waals surface area contributed by atoms with Gasteiger partial charge in [0.2, 0.25) is 0 Å². The van der Waals surface area contributed by atoms with Crippen LogP contribution in [0.3, 0.4) is 0 Å². The lowest BCUT2D eigenvalue weighted by atomic mass is 9.73. The fourth-order valence-corrected chi connectivity index (χ4v) is 5.26. The first-order valence-corrected chi connectivity index (χ1v) is 10.9. The van der Waals surface area contributed by atoms with Gasteiger partial charge in [0.05, 0.1) is 12.2 Å². The summed E-state index contributed by atoms with van der Waals surface area (Å²) in [4.78, 5) is 0. The Hall–Kier alpha value is -1.14. The number of benzene rings is 1. The Morgan fingerprint density at radius 1 is 1.11 bits per heavy atom. The third-order valence-electron chi connectivity index (χ3n) is 6.71. The number of rotatable bonds is 10. The summed E-state index contributed by atoms with van der Waals surface area (Å²) in [5.41, 5.74) is 2.39. The highest BCUT2D eigenvalue weighted by Gasteiger charge is 2.44. The van der Waals surface area contributed by atoms with Crippen molar-refractivity contribution >= 4 is 0 Å². The van der Waals surface area contributed by atoms with Crippen LogP contribution in [-0.4, -0.2) is 45.5 Å². The molecule has 1 aromatic carbocycles. The van der Waals surface area contributed by atoms with Crippen molar-refractivity contribution in [3.63, 3.8) is 0 Å². The van der Waals surface area contributed by atoms with Crippen LogP contribution in [0.1, 0.15) is 63.0 Å². The van der Waals surface area contributed by atoms with Crippen LogP contribution in [0.25, 0.3) is 0 Å². The molecular formula is C23H36O5. The minimum atomic E-state index is -1.48. The van der Waals surface area contributed by atoms with E-state index in [1.165, 1.54) is 18.4 Å². The van der Waals surface area contributed by atoms with E-state index < -0.39 is 6.29 Å². The Labute approximate surface area is 168 Å². The van der Waals surface area contributed by atoms with Crippen LogP contribution in [0.5, 0.6) is 5.75 Å². The smallest absolute Gasteiger partial charge is 0.186 e. The molecule has 1 saturated carbocycles. The maximum atomic E-state index is 10.7. The van der Waals surface area contributed by atoms with Crippen LogP contribution in [0.15, 0.2) is 18.2 Å². The summed E-state index contributed by atoms with van der Waals surface area (Å²) >= 11 is 0. The maximum Gasteiger partial charge on any atom is 0.186 e. The van der Waals surface area contributed by atoms with Gasteiger partial charge in [-0.1, -0.05) is 38.3 Å². The first-order chi connectivity index (χ1) is 13.5. The van der Waals surface area contributed by atoms with Crippen LogP contribution in [0.2, 0.25) is 0 Å². The average Bonchev–Trinajstić information content (AvgIpc) is 2.97. The van der Waals surface area contributed by atoms with Gasteiger partial charge in [0.15, 0.2) is 6.29 Å². The van der Waals surface area contributed by atoms with Gasteiger partial charge >= 0.3 is 0 Å². The van der Waals surface area contributed by atoms with E-state index in [0.717, 1.165) is 56.3 Å². The molecule has 0 radical (unpaired) electrons. The summed E-state index contributed by atoms with van der Waals surface area (Å²) in [5, 5.41) is 39.1. The van der Waals surface area contributed by atoms with E-state index in [0.29, 0.717) is 11.8 Å². The van der Waals surface area contributed by atoms with Crippen molar-refractivity contribution in [2.24, 2.45) is 17.8 Å². The van der Waals surface area contributed by atoms with Crippen molar-refractivity contribution in [3.05, 3.63) is 29.3 Å². The molecule has 0 aromatic heterocycles. The standard InChI is InChI=1S/C23H36O5/c1-2-3-4-7-17(24)9-10-18-19-11-15-6-5-8-22(28-14-23(26)27)20(15)12-16(19)13-21(18)25/h5-6,8,16-19,21,23-27H,2-4,7,9-14H2,1H3. The largest absolute Gasteiger partial charge is 0.488 e. The lowest BCUT2D eigenvalue weighted by Crippen LogP contribution is -2.28. The van der Waals surface area contributed by atoms with E-state index in [-0.39, 0.29) is 24.7 Å². The molecule has 0 heterocycles. The second kappa shape index (κ2) is 10.1.